The Morgan fingerprint density at radius 2 is 0.471 bits per heavy atom. The molecule has 0 atom stereocenters. The number of hydrogen-bond donors (Lipinski definition) is 0. The van der Waals surface area contributed by atoms with Crippen molar-refractivity contribution in [3.05, 3.63) is 265 Å². The zero-order chi connectivity index (χ0) is 47.3. The predicted molar refractivity (Wildman–Crippen MR) is 300 cm³/mol. The highest BCUT2D eigenvalue weighted by Gasteiger charge is 2.25. The summed E-state index contributed by atoms with van der Waals surface area (Å²) in [6.07, 6.45) is 0. The number of aryl methyl sites for hydroxylation is 4. The molecule has 0 aliphatic heterocycles. The summed E-state index contributed by atoms with van der Waals surface area (Å²) in [5.41, 5.74) is 21.2. The minimum absolute atomic E-state index is 1.14. The summed E-state index contributed by atoms with van der Waals surface area (Å²) < 4.78 is 0. The minimum atomic E-state index is 1.14. The summed E-state index contributed by atoms with van der Waals surface area (Å²) in [5, 5.41) is 7.37. The van der Waals surface area contributed by atoms with Gasteiger partial charge in [-0.2, -0.15) is 0 Å². The van der Waals surface area contributed by atoms with Crippen LogP contribution in [0, 0.1) is 27.7 Å². The summed E-state index contributed by atoms with van der Waals surface area (Å²) >= 11 is 0. The van der Waals surface area contributed by atoms with Crippen LogP contribution in [0.25, 0.3) is 76.8 Å². The molecule has 0 N–H and O–H groups in total. The number of anilines is 6. The van der Waals surface area contributed by atoms with Gasteiger partial charge in [-0.1, -0.05) is 206 Å². The molecule has 12 rings (SSSR count). The molecular formula is C68H52N2. The molecule has 2 heteroatoms. The van der Waals surface area contributed by atoms with E-state index in [4.69, 9.17) is 0 Å². The van der Waals surface area contributed by atoms with E-state index >= 15 is 0 Å². The van der Waals surface area contributed by atoms with Gasteiger partial charge in [-0.05, 0) is 152 Å². The molecule has 12 aromatic carbocycles. The third kappa shape index (κ3) is 7.55. The van der Waals surface area contributed by atoms with Crippen LogP contribution in [0.2, 0.25) is 0 Å². The average molecular weight is 897 g/mol. The van der Waals surface area contributed by atoms with Gasteiger partial charge in [0.05, 0.1) is 11.4 Å². The van der Waals surface area contributed by atoms with Crippen LogP contribution in [0.3, 0.4) is 0 Å². The van der Waals surface area contributed by atoms with Gasteiger partial charge in [-0.3, -0.25) is 0 Å². The van der Waals surface area contributed by atoms with Crippen LogP contribution in [0.4, 0.5) is 34.1 Å². The molecule has 0 amide bonds. The second-order valence-electron chi connectivity index (χ2n) is 18.7. The Morgan fingerprint density at radius 3 is 0.743 bits per heavy atom. The lowest BCUT2D eigenvalue weighted by molar-refractivity contribution is 1.23. The number of nitrogens with zero attached hydrogens (tertiary/aromatic N) is 2. The number of rotatable bonds is 10. The van der Waals surface area contributed by atoms with Crippen LogP contribution in [0.1, 0.15) is 22.3 Å². The molecule has 0 heterocycles. The molecule has 334 valence electrons. The first-order valence-electron chi connectivity index (χ1n) is 24.3. The highest BCUT2D eigenvalue weighted by atomic mass is 15.2. The second-order valence-corrected chi connectivity index (χ2v) is 18.7. The fourth-order valence-electron chi connectivity index (χ4n) is 10.6. The van der Waals surface area contributed by atoms with Crippen molar-refractivity contribution in [1.29, 1.82) is 0 Å². The standard InChI is InChI=1S/C68H52N2/c1-45-25-29-55(49-17-9-5-10-18-49)41-63(45)69(64-42-56(30-26-46(64)2)50-19-11-6-12-20-50)61-39-35-53-34-38-60-62(40-36-54-33-37-59(61)67(53)68(54)60)70(65-43-57(31-27-47(65)3)51-21-13-7-14-22-51)66-44-58(32-28-48(66)4)52-23-15-8-16-24-52/h5-44H,1-4H3. The molecule has 0 aliphatic rings. The van der Waals surface area contributed by atoms with E-state index in [-0.39, 0.29) is 0 Å². The predicted octanol–water partition coefficient (Wildman–Crippen LogP) is 19.4. The Bertz CT molecular complexity index is 3420. The quantitative estimate of drug-likeness (QED) is 0.126. The van der Waals surface area contributed by atoms with Gasteiger partial charge in [0.25, 0.3) is 0 Å². The molecule has 0 saturated carbocycles. The monoisotopic (exact) mass is 896 g/mol. The first kappa shape index (κ1) is 42.6. The smallest absolute Gasteiger partial charge is 0.0540 e. The van der Waals surface area contributed by atoms with Gasteiger partial charge in [0.1, 0.15) is 0 Å². The molecule has 2 nitrogen and oxygen atoms in total. The number of hydrogen-bond acceptors (Lipinski definition) is 2. The van der Waals surface area contributed by atoms with E-state index in [0.717, 1.165) is 34.1 Å². The van der Waals surface area contributed by atoms with Crippen LogP contribution < -0.4 is 9.80 Å². The van der Waals surface area contributed by atoms with E-state index in [1.54, 1.807) is 0 Å². The average Bonchev–Trinajstić information content (AvgIpc) is 3.41. The largest absolute Gasteiger partial charge is 0.309 e. The first-order chi connectivity index (χ1) is 34.4. The first-order valence-corrected chi connectivity index (χ1v) is 24.3. The topological polar surface area (TPSA) is 6.48 Å². The lowest BCUT2D eigenvalue weighted by Crippen LogP contribution is -2.14. The fourth-order valence-corrected chi connectivity index (χ4v) is 10.6. The Labute approximate surface area is 411 Å². The van der Waals surface area contributed by atoms with Crippen molar-refractivity contribution >= 4 is 66.4 Å². The van der Waals surface area contributed by atoms with Crippen molar-refractivity contribution in [3.8, 4) is 44.5 Å². The number of benzene rings is 12. The maximum atomic E-state index is 2.53. The highest BCUT2D eigenvalue weighted by Crippen LogP contribution is 2.50. The summed E-state index contributed by atoms with van der Waals surface area (Å²) in [7, 11) is 0. The van der Waals surface area contributed by atoms with Gasteiger partial charge in [-0.15, -0.1) is 0 Å². The van der Waals surface area contributed by atoms with E-state index in [9.17, 15) is 0 Å². The van der Waals surface area contributed by atoms with Gasteiger partial charge < -0.3 is 9.80 Å². The van der Waals surface area contributed by atoms with Crippen LogP contribution in [-0.2, 0) is 0 Å². The van der Waals surface area contributed by atoms with Gasteiger partial charge in [0, 0.05) is 33.5 Å². The molecule has 0 unspecified atom stereocenters. The van der Waals surface area contributed by atoms with E-state index < -0.39 is 0 Å². The minimum Gasteiger partial charge on any atom is -0.309 e. The maximum Gasteiger partial charge on any atom is 0.0540 e. The van der Waals surface area contributed by atoms with Gasteiger partial charge in [-0.25, -0.2) is 0 Å². The lowest BCUT2D eigenvalue weighted by atomic mass is 9.91. The normalized spacial score (nSPS) is 11.4. The second kappa shape index (κ2) is 17.7. The zero-order valence-electron chi connectivity index (χ0n) is 40.0. The Kier molecular flexibility index (Phi) is 10.8. The maximum absolute atomic E-state index is 2.53. The summed E-state index contributed by atoms with van der Waals surface area (Å²) in [4.78, 5) is 5.05. The zero-order valence-corrected chi connectivity index (χ0v) is 40.0. The molecule has 0 bridgehead atoms. The molecule has 0 aromatic heterocycles. The molecule has 0 fully saturated rings. The van der Waals surface area contributed by atoms with Crippen molar-refractivity contribution in [2.75, 3.05) is 9.80 Å². The van der Waals surface area contributed by atoms with Crippen LogP contribution in [0.5, 0.6) is 0 Å². The van der Waals surface area contributed by atoms with Crippen molar-refractivity contribution in [3.63, 3.8) is 0 Å². The van der Waals surface area contributed by atoms with Crippen molar-refractivity contribution in [2.45, 2.75) is 27.7 Å². The van der Waals surface area contributed by atoms with Crippen molar-refractivity contribution in [2.24, 2.45) is 0 Å². The lowest BCUT2D eigenvalue weighted by Gasteiger charge is -2.32. The van der Waals surface area contributed by atoms with E-state index in [0.29, 0.717) is 0 Å². The molecule has 0 spiro atoms. The van der Waals surface area contributed by atoms with Crippen LogP contribution in [-0.4, -0.2) is 0 Å². The Hall–Kier alpha value is -8.72. The van der Waals surface area contributed by atoms with Crippen LogP contribution in [0.15, 0.2) is 243 Å². The van der Waals surface area contributed by atoms with Crippen molar-refractivity contribution in [1.82, 2.24) is 0 Å². The van der Waals surface area contributed by atoms with Crippen LogP contribution >= 0.6 is 0 Å². The van der Waals surface area contributed by atoms with E-state index in [1.807, 2.05) is 0 Å². The molecule has 12 aromatic rings. The summed E-state index contributed by atoms with van der Waals surface area (Å²) in [5.74, 6) is 0. The van der Waals surface area contributed by atoms with Gasteiger partial charge in [0.15, 0.2) is 0 Å². The van der Waals surface area contributed by atoms with Gasteiger partial charge >= 0.3 is 0 Å². The van der Waals surface area contributed by atoms with E-state index in [1.165, 1.54) is 99.1 Å². The Balaban J connectivity index is 1.12. The molecular weight excluding hydrogens is 845 g/mol. The third-order valence-electron chi connectivity index (χ3n) is 14.3. The summed E-state index contributed by atoms with van der Waals surface area (Å²) in [6, 6.07) is 89.4. The highest BCUT2D eigenvalue weighted by molar-refractivity contribution is 6.28. The van der Waals surface area contributed by atoms with Crippen molar-refractivity contribution < 1.29 is 0 Å². The molecule has 0 aliphatic carbocycles. The summed E-state index contributed by atoms with van der Waals surface area (Å²) in [6.45, 7) is 8.98. The molecule has 0 saturated heterocycles. The molecule has 70 heavy (non-hydrogen) atoms. The Morgan fingerprint density at radius 1 is 0.214 bits per heavy atom. The third-order valence-corrected chi connectivity index (χ3v) is 14.3. The molecule has 0 radical (unpaired) electrons. The van der Waals surface area contributed by atoms with Gasteiger partial charge in [0.2, 0.25) is 0 Å². The SMILES string of the molecule is Cc1ccc(-c2ccccc2)cc1N(c1cc(-c2ccccc2)ccc1C)c1ccc2ccc3c(N(c4cc(-c5ccccc5)ccc4C)c4cc(-c5ccccc5)ccc4C)ccc4ccc1c2c43. The fraction of sp³-hybridized carbons (Fsp3) is 0.0588. The van der Waals surface area contributed by atoms with E-state index in [2.05, 4.69) is 280 Å².